The Morgan fingerprint density at radius 3 is 2.95 bits per heavy atom. The van der Waals surface area contributed by atoms with Gasteiger partial charge in [0.15, 0.2) is 0 Å². The molecule has 2 heterocycles. The third-order valence-electron chi connectivity index (χ3n) is 3.55. The minimum absolute atomic E-state index is 0. The van der Waals surface area contributed by atoms with Crippen LogP contribution in [0.25, 0.3) is 0 Å². The van der Waals surface area contributed by atoms with Gasteiger partial charge in [-0.1, -0.05) is 6.92 Å². The molecule has 1 aliphatic rings. The highest BCUT2D eigenvalue weighted by molar-refractivity contribution is 7.08. The molecule has 0 saturated carbocycles. The Morgan fingerprint density at radius 1 is 1.48 bits per heavy atom. The maximum atomic E-state index is 11.8. The molecule has 2 amide bonds. The predicted octanol–water partition coefficient (Wildman–Crippen LogP) is 1.40. The number of halogens is 1. The van der Waals surface area contributed by atoms with Gasteiger partial charge in [-0.2, -0.15) is 11.3 Å². The lowest BCUT2D eigenvalue weighted by Crippen LogP contribution is -2.48. The second-order valence-corrected chi connectivity index (χ2v) is 5.94. The number of rotatable bonds is 5. The fourth-order valence-electron chi connectivity index (χ4n) is 2.29. The molecule has 1 aromatic rings. The lowest BCUT2D eigenvalue weighted by atomic mass is 9.95. The normalized spacial score (nSPS) is 21.2. The quantitative estimate of drug-likeness (QED) is 0.764. The molecule has 1 fully saturated rings. The van der Waals surface area contributed by atoms with Gasteiger partial charge in [-0.25, -0.2) is 0 Å². The zero-order valence-corrected chi connectivity index (χ0v) is 13.7. The Kier molecular flexibility index (Phi) is 7.71. The average Bonchev–Trinajstić information content (AvgIpc) is 2.95. The molecule has 0 bridgehead atoms. The zero-order valence-electron chi connectivity index (χ0n) is 12.1. The van der Waals surface area contributed by atoms with Crippen molar-refractivity contribution in [1.82, 2.24) is 16.0 Å². The molecule has 21 heavy (non-hydrogen) atoms. The standard InChI is InChI=1S/C14H21N3O2S.ClH/c1-10-8-15-5-2-12(10)17-13(18)3-6-16-14(19)11-4-7-20-9-11;/h4,7,9-10,12,15H,2-3,5-6,8H2,1H3,(H,16,19)(H,17,18);1H. The van der Waals surface area contributed by atoms with Crippen molar-refractivity contribution in [1.29, 1.82) is 0 Å². The van der Waals surface area contributed by atoms with Crippen LogP contribution in [0.2, 0.25) is 0 Å². The Bertz CT molecular complexity index is 453. The van der Waals surface area contributed by atoms with Crippen molar-refractivity contribution in [2.24, 2.45) is 5.92 Å². The van der Waals surface area contributed by atoms with E-state index in [2.05, 4.69) is 22.9 Å². The number of hydrogen-bond donors (Lipinski definition) is 3. The Hall–Kier alpha value is -1.11. The molecular formula is C14H22ClN3O2S. The van der Waals surface area contributed by atoms with Crippen molar-refractivity contribution in [3.8, 4) is 0 Å². The van der Waals surface area contributed by atoms with Gasteiger partial charge in [0.2, 0.25) is 5.91 Å². The van der Waals surface area contributed by atoms with Crippen molar-refractivity contribution in [2.75, 3.05) is 19.6 Å². The Morgan fingerprint density at radius 2 is 2.29 bits per heavy atom. The van der Waals surface area contributed by atoms with Crippen LogP contribution in [-0.4, -0.2) is 37.5 Å². The van der Waals surface area contributed by atoms with E-state index in [0.29, 0.717) is 24.4 Å². The third kappa shape index (κ3) is 5.65. The van der Waals surface area contributed by atoms with Crippen LogP contribution in [0.4, 0.5) is 0 Å². The molecular weight excluding hydrogens is 310 g/mol. The van der Waals surface area contributed by atoms with Gasteiger partial charge < -0.3 is 16.0 Å². The van der Waals surface area contributed by atoms with E-state index in [9.17, 15) is 9.59 Å². The fourth-order valence-corrected chi connectivity index (χ4v) is 2.93. The topological polar surface area (TPSA) is 70.2 Å². The van der Waals surface area contributed by atoms with Gasteiger partial charge >= 0.3 is 0 Å². The molecule has 0 spiro atoms. The van der Waals surface area contributed by atoms with E-state index in [4.69, 9.17) is 0 Å². The number of carbonyl (C=O) groups excluding carboxylic acids is 2. The van der Waals surface area contributed by atoms with Gasteiger partial charge in [-0.05, 0) is 36.9 Å². The summed E-state index contributed by atoms with van der Waals surface area (Å²) in [7, 11) is 0. The van der Waals surface area contributed by atoms with Gasteiger partial charge in [-0.15, -0.1) is 12.4 Å². The predicted molar refractivity (Wildman–Crippen MR) is 87.1 cm³/mol. The third-order valence-corrected chi connectivity index (χ3v) is 4.24. The van der Waals surface area contributed by atoms with Crippen molar-refractivity contribution >= 4 is 35.6 Å². The number of hydrogen-bond acceptors (Lipinski definition) is 4. The summed E-state index contributed by atoms with van der Waals surface area (Å²) in [5.74, 6) is 0.344. The minimum atomic E-state index is -0.116. The second-order valence-electron chi connectivity index (χ2n) is 5.16. The molecule has 7 heteroatoms. The molecule has 1 aromatic heterocycles. The van der Waals surface area contributed by atoms with E-state index in [1.807, 2.05) is 5.38 Å². The molecule has 3 N–H and O–H groups in total. The van der Waals surface area contributed by atoms with E-state index >= 15 is 0 Å². The van der Waals surface area contributed by atoms with E-state index in [-0.39, 0.29) is 30.3 Å². The number of thiophene rings is 1. The van der Waals surface area contributed by atoms with Gasteiger partial charge in [-0.3, -0.25) is 9.59 Å². The summed E-state index contributed by atoms with van der Waals surface area (Å²) < 4.78 is 0. The van der Waals surface area contributed by atoms with Crippen molar-refractivity contribution in [3.05, 3.63) is 22.4 Å². The summed E-state index contributed by atoms with van der Waals surface area (Å²) in [5.41, 5.74) is 0.655. The number of carbonyl (C=O) groups is 2. The van der Waals surface area contributed by atoms with Gasteiger partial charge in [0, 0.05) is 30.0 Å². The molecule has 2 unspecified atom stereocenters. The fraction of sp³-hybridized carbons (Fsp3) is 0.571. The number of amides is 2. The lowest BCUT2D eigenvalue weighted by molar-refractivity contribution is -0.122. The van der Waals surface area contributed by atoms with Crippen LogP contribution < -0.4 is 16.0 Å². The summed E-state index contributed by atoms with van der Waals surface area (Å²) in [6, 6.07) is 2.02. The molecule has 2 rings (SSSR count). The number of nitrogens with one attached hydrogen (secondary N) is 3. The monoisotopic (exact) mass is 331 g/mol. The summed E-state index contributed by atoms with van der Waals surface area (Å²) in [6.45, 7) is 4.40. The summed E-state index contributed by atoms with van der Waals surface area (Å²) in [4.78, 5) is 23.5. The highest BCUT2D eigenvalue weighted by atomic mass is 35.5. The maximum Gasteiger partial charge on any atom is 0.252 e. The van der Waals surface area contributed by atoms with Gasteiger partial charge in [0.25, 0.3) is 5.91 Å². The van der Waals surface area contributed by atoms with Crippen LogP contribution in [0.5, 0.6) is 0 Å². The molecule has 2 atom stereocenters. The van der Waals surface area contributed by atoms with Crippen molar-refractivity contribution in [2.45, 2.75) is 25.8 Å². The van der Waals surface area contributed by atoms with E-state index in [1.54, 1.807) is 11.4 Å². The minimum Gasteiger partial charge on any atom is -0.353 e. The summed E-state index contributed by atoms with van der Waals surface area (Å²) in [6.07, 6.45) is 1.29. The van der Waals surface area contributed by atoms with Crippen LogP contribution in [0.1, 0.15) is 30.1 Å². The van der Waals surface area contributed by atoms with Crippen molar-refractivity contribution in [3.63, 3.8) is 0 Å². The van der Waals surface area contributed by atoms with Crippen LogP contribution in [-0.2, 0) is 4.79 Å². The molecule has 118 valence electrons. The Balaban J connectivity index is 0.00000220. The van der Waals surface area contributed by atoms with Crippen LogP contribution >= 0.6 is 23.7 Å². The molecule has 5 nitrogen and oxygen atoms in total. The summed E-state index contributed by atoms with van der Waals surface area (Å²) in [5, 5.41) is 12.8. The first-order valence-electron chi connectivity index (χ1n) is 6.97. The first-order chi connectivity index (χ1) is 9.66. The lowest BCUT2D eigenvalue weighted by Gasteiger charge is -2.30. The highest BCUT2D eigenvalue weighted by Gasteiger charge is 2.22. The van der Waals surface area contributed by atoms with E-state index < -0.39 is 0 Å². The first-order valence-corrected chi connectivity index (χ1v) is 7.91. The highest BCUT2D eigenvalue weighted by Crippen LogP contribution is 2.10. The molecule has 0 aromatic carbocycles. The summed E-state index contributed by atoms with van der Waals surface area (Å²) >= 11 is 1.49. The molecule has 0 aliphatic carbocycles. The maximum absolute atomic E-state index is 11.8. The first kappa shape index (κ1) is 17.9. The van der Waals surface area contributed by atoms with E-state index in [1.165, 1.54) is 11.3 Å². The largest absolute Gasteiger partial charge is 0.353 e. The second kappa shape index (κ2) is 9.02. The van der Waals surface area contributed by atoms with E-state index in [0.717, 1.165) is 19.5 Å². The van der Waals surface area contributed by atoms with Crippen LogP contribution in [0.15, 0.2) is 16.8 Å². The SMILES string of the molecule is CC1CNCCC1NC(=O)CCNC(=O)c1ccsc1.Cl. The number of piperidine rings is 1. The molecule has 1 aliphatic heterocycles. The zero-order chi connectivity index (χ0) is 14.4. The van der Waals surface area contributed by atoms with Crippen molar-refractivity contribution < 1.29 is 9.59 Å². The smallest absolute Gasteiger partial charge is 0.252 e. The van der Waals surface area contributed by atoms with Gasteiger partial charge in [0.05, 0.1) is 0 Å². The van der Waals surface area contributed by atoms with Crippen LogP contribution in [0.3, 0.4) is 0 Å². The van der Waals surface area contributed by atoms with Crippen LogP contribution in [0, 0.1) is 5.92 Å². The molecule has 0 radical (unpaired) electrons. The Labute approximate surface area is 135 Å². The molecule has 1 saturated heterocycles. The average molecular weight is 332 g/mol. The van der Waals surface area contributed by atoms with Gasteiger partial charge in [0.1, 0.15) is 0 Å².